The highest BCUT2D eigenvalue weighted by Gasteiger charge is 2.27. The van der Waals surface area contributed by atoms with Gasteiger partial charge >= 0.3 is 12.1 Å². The van der Waals surface area contributed by atoms with Crippen molar-refractivity contribution < 1.29 is 27.4 Å². The molecule has 5 nitrogen and oxygen atoms in total. The number of nitrogens with one attached hydrogen (secondary N) is 1. The van der Waals surface area contributed by atoms with E-state index in [-0.39, 0.29) is 18.7 Å². The van der Waals surface area contributed by atoms with Crippen molar-refractivity contribution in [1.29, 1.82) is 0 Å². The predicted molar refractivity (Wildman–Crippen MR) is 67.6 cm³/mol. The summed E-state index contributed by atoms with van der Waals surface area (Å²) in [7, 11) is 1.22. The van der Waals surface area contributed by atoms with Crippen molar-refractivity contribution in [2.45, 2.75) is 6.18 Å². The molecule has 112 valence electrons. The number of halogens is 3. The summed E-state index contributed by atoms with van der Waals surface area (Å²) in [6.07, 6.45) is -4.36. The lowest BCUT2D eigenvalue weighted by Crippen LogP contribution is -2.21. The van der Waals surface area contributed by atoms with Crippen LogP contribution in [-0.2, 0) is 9.47 Å². The van der Waals surface area contributed by atoms with Crippen molar-refractivity contribution in [2.75, 3.05) is 37.9 Å². The smallest absolute Gasteiger partial charge is 0.411 e. The second kappa shape index (κ2) is 6.99. The van der Waals surface area contributed by atoms with Gasteiger partial charge in [-0.2, -0.15) is 13.2 Å². The minimum Gasteiger partial charge on any atom is -0.465 e. The fourth-order valence-corrected chi connectivity index (χ4v) is 1.48. The zero-order chi connectivity index (χ0) is 15.2. The Morgan fingerprint density at radius 3 is 2.70 bits per heavy atom. The second-order valence-corrected chi connectivity index (χ2v) is 3.86. The first-order valence-electron chi connectivity index (χ1n) is 5.70. The largest absolute Gasteiger partial charge is 0.465 e. The number of hydrogen-bond acceptors (Lipinski definition) is 5. The van der Waals surface area contributed by atoms with Gasteiger partial charge in [0.15, 0.2) is 0 Å². The molecule has 0 amide bonds. The summed E-state index contributed by atoms with van der Waals surface area (Å²) in [6.45, 7) is -1.41. The SMILES string of the molecule is COC(=O)c1cccc(N)c1NCCOCC(F)(F)F. The number of para-hydroxylation sites is 1. The van der Waals surface area contributed by atoms with Gasteiger partial charge in [-0.3, -0.25) is 0 Å². The van der Waals surface area contributed by atoms with Gasteiger partial charge in [-0.25, -0.2) is 4.79 Å². The third-order valence-corrected chi connectivity index (χ3v) is 2.32. The predicted octanol–water partition coefficient (Wildman–Crippen LogP) is 2.05. The van der Waals surface area contributed by atoms with Crippen LogP contribution in [0.5, 0.6) is 0 Å². The fraction of sp³-hybridized carbons (Fsp3) is 0.417. The molecule has 0 heterocycles. The number of nitrogen functional groups attached to an aromatic ring is 1. The molecule has 0 fully saturated rings. The summed E-state index contributed by atoms with van der Waals surface area (Å²) < 4.78 is 44.6. The number of esters is 1. The van der Waals surface area contributed by atoms with Crippen LogP contribution in [0.3, 0.4) is 0 Å². The standard InChI is InChI=1S/C12H15F3N2O3/c1-19-11(18)8-3-2-4-9(16)10(8)17-5-6-20-7-12(13,14)15/h2-4,17H,5-7,16H2,1H3. The Labute approximate surface area is 113 Å². The van der Waals surface area contributed by atoms with Crippen molar-refractivity contribution >= 4 is 17.3 Å². The third-order valence-electron chi connectivity index (χ3n) is 2.32. The Kier molecular flexibility index (Phi) is 5.63. The van der Waals surface area contributed by atoms with Gasteiger partial charge in [0, 0.05) is 6.54 Å². The molecular weight excluding hydrogens is 277 g/mol. The van der Waals surface area contributed by atoms with E-state index in [0.29, 0.717) is 11.4 Å². The van der Waals surface area contributed by atoms with Crippen LogP contribution >= 0.6 is 0 Å². The molecule has 0 bridgehead atoms. The lowest BCUT2D eigenvalue weighted by atomic mass is 10.1. The van der Waals surface area contributed by atoms with Gasteiger partial charge in [0.2, 0.25) is 0 Å². The van der Waals surface area contributed by atoms with E-state index in [1.54, 1.807) is 12.1 Å². The lowest BCUT2D eigenvalue weighted by molar-refractivity contribution is -0.172. The topological polar surface area (TPSA) is 73.6 Å². The normalized spacial score (nSPS) is 11.2. The lowest BCUT2D eigenvalue weighted by Gasteiger charge is -2.13. The molecule has 0 radical (unpaired) electrons. The molecule has 3 N–H and O–H groups in total. The first kappa shape index (κ1) is 16.1. The highest BCUT2D eigenvalue weighted by Crippen LogP contribution is 2.24. The molecule has 0 saturated heterocycles. The molecule has 0 aliphatic heterocycles. The van der Waals surface area contributed by atoms with E-state index in [9.17, 15) is 18.0 Å². The average molecular weight is 292 g/mol. The Bertz CT molecular complexity index is 464. The zero-order valence-electron chi connectivity index (χ0n) is 10.8. The first-order chi connectivity index (χ1) is 9.35. The number of carbonyl (C=O) groups is 1. The summed E-state index contributed by atoms with van der Waals surface area (Å²) in [6, 6.07) is 4.64. The van der Waals surface area contributed by atoms with Gasteiger partial charge in [-0.1, -0.05) is 6.07 Å². The first-order valence-corrected chi connectivity index (χ1v) is 5.70. The van der Waals surface area contributed by atoms with E-state index in [2.05, 4.69) is 14.8 Å². The van der Waals surface area contributed by atoms with E-state index in [0.717, 1.165) is 0 Å². The van der Waals surface area contributed by atoms with Crippen LogP contribution in [0.1, 0.15) is 10.4 Å². The number of benzene rings is 1. The Hall–Kier alpha value is -1.96. The summed E-state index contributed by atoms with van der Waals surface area (Å²) in [5.74, 6) is -0.587. The van der Waals surface area contributed by atoms with Gasteiger partial charge in [0.25, 0.3) is 0 Å². The number of hydrogen-bond donors (Lipinski definition) is 2. The molecule has 20 heavy (non-hydrogen) atoms. The highest BCUT2D eigenvalue weighted by molar-refractivity contribution is 5.98. The quantitative estimate of drug-likeness (QED) is 0.477. The molecule has 0 saturated carbocycles. The van der Waals surface area contributed by atoms with Crippen LogP contribution in [-0.4, -0.2) is 39.0 Å². The van der Waals surface area contributed by atoms with Crippen LogP contribution in [0.2, 0.25) is 0 Å². The van der Waals surface area contributed by atoms with E-state index in [1.165, 1.54) is 13.2 Å². The third kappa shape index (κ3) is 4.96. The van der Waals surface area contributed by atoms with E-state index < -0.39 is 18.8 Å². The molecule has 0 aliphatic carbocycles. The Balaban J connectivity index is 2.57. The van der Waals surface area contributed by atoms with Gasteiger partial charge in [-0.15, -0.1) is 0 Å². The molecule has 1 aromatic carbocycles. The molecule has 0 aromatic heterocycles. The van der Waals surface area contributed by atoms with E-state index >= 15 is 0 Å². The van der Waals surface area contributed by atoms with E-state index in [1.807, 2.05) is 0 Å². The maximum atomic E-state index is 11.9. The zero-order valence-corrected chi connectivity index (χ0v) is 10.8. The number of ether oxygens (including phenoxy) is 2. The van der Waals surface area contributed by atoms with Crippen LogP contribution in [0.4, 0.5) is 24.5 Å². The van der Waals surface area contributed by atoms with Crippen molar-refractivity contribution in [3.63, 3.8) is 0 Å². The highest BCUT2D eigenvalue weighted by atomic mass is 19.4. The van der Waals surface area contributed by atoms with Gasteiger partial charge in [0.05, 0.1) is 30.7 Å². The Morgan fingerprint density at radius 2 is 2.10 bits per heavy atom. The summed E-state index contributed by atoms with van der Waals surface area (Å²) >= 11 is 0. The molecule has 0 spiro atoms. The van der Waals surface area contributed by atoms with Crippen LogP contribution in [0.15, 0.2) is 18.2 Å². The van der Waals surface area contributed by atoms with Crippen molar-refractivity contribution in [3.05, 3.63) is 23.8 Å². The number of methoxy groups -OCH3 is 1. The minimum atomic E-state index is -4.36. The summed E-state index contributed by atoms with van der Waals surface area (Å²) in [4.78, 5) is 11.5. The van der Waals surface area contributed by atoms with Crippen molar-refractivity contribution in [2.24, 2.45) is 0 Å². The maximum absolute atomic E-state index is 11.9. The fourth-order valence-electron chi connectivity index (χ4n) is 1.48. The van der Waals surface area contributed by atoms with Crippen LogP contribution in [0.25, 0.3) is 0 Å². The summed E-state index contributed by atoms with van der Waals surface area (Å²) in [5, 5.41) is 2.76. The Morgan fingerprint density at radius 1 is 1.40 bits per heavy atom. The van der Waals surface area contributed by atoms with Crippen LogP contribution in [0, 0.1) is 0 Å². The van der Waals surface area contributed by atoms with Crippen molar-refractivity contribution in [3.8, 4) is 0 Å². The van der Waals surface area contributed by atoms with Crippen molar-refractivity contribution in [1.82, 2.24) is 0 Å². The molecule has 1 rings (SSSR count). The molecule has 8 heteroatoms. The van der Waals surface area contributed by atoms with Gasteiger partial charge in [-0.05, 0) is 12.1 Å². The molecule has 0 atom stereocenters. The monoisotopic (exact) mass is 292 g/mol. The molecule has 1 aromatic rings. The van der Waals surface area contributed by atoms with E-state index in [4.69, 9.17) is 5.73 Å². The molecule has 0 unspecified atom stereocenters. The number of alkyl halides is 3. The number of rotatable bonds is 6. The molecular formula is C12H15F3N2O3. The summed E-state index contributed by atoms with van der Waals surface area (Å²) in [5.41, 5.74) is 6.53. The van der Waals surface area contributed by atoms with Crippen LogP contribution < -0.4 is 11.1 Å². The van der Waals surface area contributed by atoms with Gasteiger partial charge in [0.1, 0.15) is 6.61 Å². The maximum Gasteiger partial charge on any atom is 0.411 e. The van der Waals surface area contributed by atoms with Gasteiger partial charge < -0.3 is 20.5 Å². The number of nitrogens with two attached hydrogens (primary N) is 1. The molecule has 0 aliphatic rings. The average Bonchev–Trinajstić information content (AvgIpc) is 2.37. The second-order valence-electron chi connectivity index (χ2n) is 3.86. The number of carbonyl (C=O) groups excluding carboxylic acids is 1. The minimum absolute atomic E-state index is 0.0777. The number of anilines is 2.